The minimum absolute atomic E-state index is 0.760. The lowest BCUT2D eigenvalue weighted by molar-refractivity contribution is 0.601. The molecule has 0 aromatic heterocycles. The van der Waals surface area contributed by atoms with Crippen LogP contribution in [0.1, 0.15) is 11.1 Å². The van der Waals surface area contributed by atoms with Gasteiger partial charge >= 0.3 is 8.45 Å². The number of hydrogen-bond donors (Lipinski definition) is 1. The van der Waals surface area contributed by atoms with Gasteiger partial charge in [0.25, 0.3) is 0 Å². The third-order valence-electron chi connectivity index (χ3n) is 1.92. The minimum Gasteiger partial charge on any atom is -0.438 e. The van der Waals surface area contributed by atoms with E-state index < -0.39 is 8.45 Å². The van der Waals surface area contributed by atoms with Crippen LogP contribution in [-0.4, -0.2) is 0 Å². The Morgan fingerprint density at radius 3 is 2.67 bits per heavy atom. The Morgan fingerprint density at radius 2 is 2.07 bits per heavy atom. The second-order valence-electron chi connectivity index (χ2n) is 3.05. The first-order valence-corrected chi connectivity index (χ1v) is 7.24. The minimum atomic E-state index is -0.924. The molecule has 0 amide bonds. The van der Waals surface area contributed by atoms with Gasteiger partial charge in [0, 0.05) is 0 Å². The van der Waals surface area contributed by atoms with Crippen LogP contribution in [0.4, 0.5) is 0 Å². The van der Waals surface area contributed by atoms with Crippen molar-refractivity contribution in [2.75, 3.05) is 0 Å². The van der Waals surface area contributed by atoms with Crippen molar-refractivity contribution in [2.45, 2.75) is 13.8 Å². The standard InChI is InChI=1S/C8H10N3OP3/c1-6-4-3-5-7(2)8(6)12-15-10-13-9-14-11-15/h3-5H,1-2H3,(H,9,10,11). The van der Waals surface area contributed by atoms with Crippen LogP contribution in [0.25, 0.3) is 0 Å². The fraction of sp³-hybridized carbons (Fsp3) is 0.250. The lowest BCUT2D eigenvalue weighted by Crippen LogP contribution is -1.98. The van der Waals surface area contributed by atoms with E-state index in [0.29, 0.717) is 0 Å². The van der Waals surface area contributed by atoms with Crippen molar-refractivity contribution in [1.29, 1.82) is 0 Å². The molecule has 0 saturated carbocycles. The van der Waals surface area contributed by atoms with Gasteiger partial charge in [0.05, 0.1) is 0 Å². The van der Waals surface area contributed by atoms with Crippen molar-refractivity contribution in [3.05, 3.63) is 29.3 Å². The number of aryl methyl sites for hydroxylation is 2. The van der Waals surface area contributed by atoms with E-state index in [2.05, 4.69) is 13.9 Å². The van der Waals surface area contributed by atoms with Gasteiger partial charge in [0.2, 0.25) is 0 Å². The lowest BCUT2D eigenvalue weighted by atomic mass is 10.1. The topological polar surface area (TPSA) is 46.0 Å². The largest absolute Gasteiger partial charge is 0.438 e. The van der Waals surface area contributed by atoms with E-state index in [4.69, 9.17) is 4.52 Å². The first-order chi connectivity index (χ1) is 7.27. The Bertz CT molecular complexity index is 401. The summed E-state index contributed by atoms with van der Waals surface area (Å²) in [5, 5.41) is 0. The van der Waals surface area contributed by atoms with Crippen molar-refractivity contribution in [3.63, 3.8) is 0 Å². The highest BCUT2D eigenvalue weighted by Gasteiger charge is 2.13. The Morgan fingerprint density at radius 1 is 1.33 bits per heavy atom. The highest BCUT2D eigenvalue weighted by Crippen LogP contribution is 2.45. The molecule has 15 heavy (non-hydrogen) atoms. The van der Waals surface area contributed by atoms with Crippen LogP contribution in [0.3, 0.4) is 0 Å². The molecule has 1 aliphatic heterocycles. The first-order valence-electron chi connectivity index (χ1n) is 4.38. The van der Waals surface area contributed by atoms with Gasteiger partial charge in [0.1, 0.15) is 14.3 Å². The van der Waals surface area contributed by atoms with Crippen LogP contribution in [0, 0.1) is 13.8 Å². The summed E-state index contributed by atoms with van der Waals surface area (Å²) in [7, 11) is 0.689. The van der Waals surface area contributed by atoms with Gasteiger partial charge in [-0.2, -0.15) is 13.9 Å². The molecule has 1 N–H and O–H groups in total. The van der Waals surface area contributed by atoms with E-state index >= 15 is 0 Å². The zero-order valence-electron chi connectivity index (χ0n) is 8.38. The molecule has 7 heteroatoms. The van der Waals surface area contributed by atoms with E-state index in [1.807, 2.05) is 32.0 Å². The third-order valence-corrected chi connectivity index (χ3v) is 4.97. The summed E-state index contributed by atoms with van der Waals surface area (Å²) in [4.78, 5) is 3.10. The zero-order chi connectivity index (χ0) is 10.7. The van der Waals surface area contributed by atoms with Gasteiger partial charge < -0.3 is 4.52 Å². The lowest BCUT2D eigenvalue weighted by Gasteiger charge is -2.15. The summed E-state index contributed by atoms with van der Waals surface area (Å²) in [5.41, 5.74) is 2.29. The molecule has 0 aliphatic carbocycles. The van der Waals surface area contributed by atoms with Gasteiger partial charge in [-0.1, -0.05) is 18.2 Å². The van der Waals surface area contributed by atoms with E-state index in [9.17, 15) is 0 Å². The Balaban J connectivity index is 2.17. The monoisotopic (exact) mass is 257 g/mol. The fourth-order valence-corrected chi connectivity index (χ4v) is 4.25. The van der Waals surface area contributed by atoms with Crippen molar-refractivity contribution in [3.8, 4) is 5.75 Å². The molecule has 4 nitrogen and oxygen atoms in total. The average Bonchev–Trinajstić information content (AvgIpc) is 2.25. The third kappa shape index (κ3) is 2.80. The maximum atomic E-state index is 5.83. The summed E-state index contributed by atoms with van der Waals surface area (Å²) in [6.07, 6.45) is 0. The molecule has 1 unspecified atom stereocenters. The van der Waals surface area contributed by atoms with Gasteiger partial charge in [-0.05, 0) is 25.0 Å². The highest BCUT2D eigenvalue weighted by atomic mass is 31.2. The predicted octanol–water partition coefficient (Wildman–Crippen LogP) is 4.60. The molecule has 0 spiro atoms. The van der Waals surface area contributed by atoms with Crippen LogP contribution in [0.5, 0.6) is 5.75 Å². The van der Waals surface area contributed by atoms with Crippen LogP contribution < -0.4 is 9.38 Å². The van der Waals surface area contributed by atoms with Crippen molar-refractivity contribution in [2.24, 2.45) is 9.03 Å². The molecule has 1 aromatic rings. The molecule has 1 atom stereocenters. The van der Waals surface area contributed by atoms with E-state index in [1.54, 1.807) is 0 Å². The summed E-state index contributed by atoms with van der Waals surface area (Å²) in [6, 6.07) is 6.12. The molecule has 0 bridgehead atoms. The highest BCUT2D eigenvalue weighted by molar-refractivity contribution is 7.64. The Labute approximate surface area is 93.3 Å². The second kappa shape index (κ2) is 5.09. The molecule has 2 rings (SSSR count). The summed E-state index contributed by atoms with van der Waals surface area (Å²) in [5.74, 6) is 0.937. The number of benzene rings is 1. The van der Waals surface area contributed by atoms with Gasteiger partial charge in [0.15, 0.2) is 8.52 Å². The van der Waals surface area contributed by atoms with Crippen molar-refractivity contribution < 1.29 is 4.52 Å². The summed E-state index contributed by atoms with van der Waals surface area (Å²) >= 11 is 0. The van der Waals surface area contributed by atoms with Crippen LogP contribution in [0.2, 0.25) is 0 Å². The molecule has 78 valence electrons. The quantitative estimate of drug-likeness (QED) is 0.786. The van der Waals surface area contributed by atoms with Crippen LogP contribution >= 0.6 is 25.5 Å². The Hall–Kier alpha value is -0.390. The molecular formula is C8H10N3OP3. The second-order valence-corrected chi connectivity index (χ2v) is 6.39. The van der Waals surface area contributed by atoms with Crippen molar-refractivity contribution in [1.82, 2.24) is 4.86 Å². The molecular weight excluding hydrogens is 247 g/mol. The molecule has 1 heterocycles. The van der Waals surface area contributed by atoms with Crippen LogP contribution in [-0.2, 0) is 0 Å². The molecule has 1 aromatic carbocycles. The van der Waals surface area contributed by atoms with Gasteiger partial charge in [-0.25, -0.2) is 0 Å². The van der Waals surface area contributed by atoms with Gasteiger partial charge in [-0.15, -0.1) is 0 Å². The van der Waals surface area contributed by atoms with Gasteiger partial charge in [-0.3, -0.25) is 0 Å². The number of nitrogens with one attached hydrogen (secondary N) is 1. The van der Waals surface area contributed by atoms with E-state index in [1.165, 1.54) is 0 Å². The molecule has 0 fully saturated rings. The normalized spacial score (nSPS) is 21.3. The maximum absolute atomic E-state index is 5.83. The summed E-state index contributed by atoms with van der Waals surface area (Å²) in [6.45, 7) is 4.09. The molecule has 1 aliphatic rings. The number of rotatable bonds is 2. The maximum Gasteiger partial charge on any atom is 0.311 e. The molecule has 0 saturated heterocycles. The number of hydrogen-bond acceptors (Lipinski definition) is 4. The number of para-hydroxylation sites is 1. The van der Waals surface area contributed by atoms with Crippen LogP contribution in [0.15, 0.2) is 27.2 Å². The van der Waals surface area contributed by atoms with E-state index in [0.717, 1.165) is 33.9 Å². The predicted molar refractivity (Wildman–Crippen MR) is 65.3 cm³/mol. The van der Waals surface area contributed by atoms with E-state index in [-0.39, 0.29) is 0 Å². The summed E-state index contributed by atoms with van der Waals surface area (Å²) < 4.78 is 14.1. The molecule has 0 radical (unpaired) electrons. The SMILES string of the molecule is Cc1cccc(C)c1OP1N=PN=PN1. The number of nitrogens with zero attached hydrogens (tertiary/aromatic N) is 2. The van der Waals surface area contributed by atoms with Crippen molar-refractivity contribution >= 4 is 25.5 Å². The average molecular weight is 257 g/mol. The first kappa shape index (κ1) is 11.1. The smallest absolute Gasteiger partial charge is 0.311 e. The zero-order valence-corrected chi connectivity index (χ0v) is 11.1. The Kier molecular flexibility index (Phi) is 3.77. The fourth-order valence-electron chi connectivity index (χ4n) is 1.22.